The molecular weight excluding hydrogens is 896 g/mol. The van der Waals surface area contributed by atoms with Crippen LogP contribution in [0.4, 0.5) is 34.1 Å². The second kappa shape index (κ2) is 21.5. The monoisotopic (exact) mass is 942 g/mol. The molecular formula is C39H47CaClF3N4O11PS. The van der Waals surface area contributed by atoms with Crippen LogP contribution in [-0.2, 0) is 45.3 Å². The van der Waals surface area contributed by atoms with Crippen molar-refractivity contribution in [2.45, 2.75) is 74.5 Å². The van der Waals surface area contributed by atoms with Crippen molar-refractivity contribution in [1.82, 2.24) is 9.62 Å². The molecule has 2 heterocycles. The molecule has 2 amide bonds. The van der Waals surface area contributed by atoms with Crippen molar-refractivity contribution in [2.75, 3.05) is 37.4 Å². The van der Waals surface area contributed by atoms with Crippen LogP contribution in [0.2, 0.25) is 5.02 Å². The Morgan fingerprint density at radius 2 is 1.77 bits per heavy atom. The summed E-state index contributed by atoms with van der Waals surface area (Å²) in [6.45, 7) is 3.87. The second-order valence-corrected chi connectivity index (χ2v) is 18.2. The van der Waals surface area contributed by atoms with Gasteiger partial charge in [-0.3, -0.25) is 9.84 Å². The zero-order valence-corrected chi connectivity index (χ0v) is 34.9. The number of halogens is 4. The van der Waals surface area contributed by atoms with Crippen molar-refractivity contribution in [3.63, 3.8) is 0 Å². The maximum absolute atomic E-state index is 13.6. The number of hydrogen-bond acceptors (Lipinski definition) is 10. The van der Waals surface area contributed by atoms with Crippen LogP contribution in [0.1, 0.15) is 44.2 Å². The van der Waals surface area contributed by atoms with E-state index in [2.05, 4.69) is 27.2 Å². The number of carbonyl (C=O) groups is 2. The molecule has 6 N–H and O–H groups in total. The topological polar surface area (TPSA) is 216 Å². The molecule has 2 fully saturated rings. The first-order valence-electron chi connectivity index (χ1n) is 18.7. The van der Waals surface area contributed by atoms with Crippen LogP contribution >= 0.6 is 19.4 Å². The number of benzene rings is 3. The van der Waals surface area contributed by atoms with Crippen LogP contribution in [0.25, 0.3) is 0 Å². The average Bonchev–Trinajstić information content (AvgIpc) is 3.85. The van der Waals surface area contributed by atoms with Crippen LogP contribution < -0.4 is 16.4 Å². The Labute approximate surface area is 386 Å². The standard InChI is InChI=1S/C25H36N3O9PS.C14H9ClF3NO2.Ca.2H/c1-18(2)15-28(39(33,34)22-10-8-20(26)9-11-22)16-24(37-38(30,31)32)23(14-19-6-4-3-5-7-19)27-25(29)36-21-12-13-35-17-21;15-9-3-4-11-10(7-9)13(14(16,17)18,21-12(20)19-11)6-5-8-1-2-8;;;/h3-11,18,21,23-24H,12-17,26H2,1-2H3,(H,27,29)(H2,30,31,32);3-4,7-8H,1-2H2,(H,19,20);;;/t21-,23-,24+;13-;;;/m00.../s1. The Morgan fingerprint density at radius 3 is 2.34 bits per heavy atom. The number of carbonyl (C=O) groups excluding carboxylic acids is 2. The van der Waals surface area contributed by atoms with E-state index in [1.165, 1.54) is 36.4 Å². The summed E-state index contributed by atoms with van der Waals surface area (Å²) in [4.78, 5) is 43.8. The molecule has 0 spiro atoms. The van der Waals surface area contributed by atoms with Crippen LogP contribution in [0.3, 0.4) is 0 Å². The van der Waals surface area contributed by atoms with Gasteiger partial charge in [0.25, 0.3) is 5.60 Å². The first-order chi connectivity index (χ1) is 28.1. The molecule has 0 radical (unpaired) electrons. The molecule has 61 heavy (non-hydrogen) atoms. The summed E-state index contributed by atoms with van der Waals surface area (Å²) < 4.78 is 102. The number of anilines is 2. The summed E-state index contributed by atoms with van der Waals surface area (Å²) >= 11 is 5.78. The molecule has 3 aromatic carbocycles. The molecule has 0 unspecified atom stereocenters. The summed E-state index contributed by atoms with van der Waals surface area (Å²) in [5.74, 6) is 4.46. The number of amides is 2. The van der Waals surface area contributed by atoms with Crippen molar-refractivity contribution in [3.05, 3.63) is 88.9 Å². The van der Waals surface area contributed by atoms with E-state index in [0.29, 0.717) is 18.7 Å². The third kappa shape index (κ3) is 14.5. The zero-order chi connectivity index (χ0) is 43.9. The average molecular weight is 943 g/mol. The number of hydrogen-bond donors (Lipinski definition) is 5. The van der Waals surface area contributed by atoms with Gasteiger partial charge in [0.2, 0.25) is 10.0 Å². The third-order valence-corrected chi connectivity index (χ3v) is 11.9. The zero-order valence-electron chi connectivity index (χ0n) is 32.4. The Morgan fingerprint density at radius 1 is 1.10 bits per heavy atom. The van der Waals surface area contributed by atoms with Gasteiger partial charge in [-0.1, -0.05) is 61.7 Å². The van der Waals surface area contributed by atoms with Gasteiger partial charge in [0, 0.05) is 41.7 Å². The predicted octanol–water partition coefficient (Wildman–Crippen LogP) is 5.68. The molecule has 1 aliphatic carbocycles. The van der Waals surface area contributed by atoms with Crippen molar-refractivity contribution < 1.29 is 64.3 Å². The summed E-state index contributed by atoms with van der Waals surface area (Å²) in [5.41, 5.74) is 3.55. The number of nitrogens with two attached hydrogens (primary N) is 1. The van der Waals surface area contributed by atoms with Crippen molar-refractivity contribution in [3.8, 4) is 11.8 Å². The van der Waals surface area contributed by atoms with Gasteiger partial charge in [0.15, 0.2) is 0 Å². The van der Waals surface area contributed by atoms with E-state index in [0.717, 1.165) is 28.8 Å². The van der Waals surface area contributed by atoms with E-state index in [-0.39, 0.29) is 90.3 Å². The molecule has 1 saturated carbocycles. The van der Waals surface area contributed by atoms with Gasteiger partial charge in [-0.2, -0.15) is 17.5 Å². The van der Waals surface area contributed by atoms with Crippen LogP contribution in [0.15, 0.2) is 77.7 Å². The Bertz CT molecular complexity index is 2200. The van der Waals surface area contributed by atoms with E-state index in [4.69, 9.17) is 31.3 Å². The molecule has 0 bridgehead atoms. The number of sulfonamides is 1. The molecule has 330 valence electrons. The number of cyclic esters (lactones) is 1. The summed E-state index contributed by atoms with van der Waals surface area (Å²) in [5, 5.41) is 4.99. The SMILES string of the molecule is CC(C)CN(C[C@@H](OP(=O)(O)O)[C@H](Cc1ccccc1)NC(=O)O[C@H]1CCOC1)S(=O)(=O)c1ccc(N)cc1.O=C1Nc2ccc(Cl)cc2[C@@](C#CC2CC2)(C(F)(F)F)O1.[CaH2]. The summed E-state index contributed by atoms with van der Waals surface area (Å²) in [6.07, 6.45) is -6.68. The number of nitrogens with one attached hydrogen (secondary N) is 2. The minimum absolute atomic E-state index is 0. The number of nitrogens with zero attached hydrogens (tertiary/aromatic N) is 1. The van der Waals surface area contributed by atoms with Crippen molar-refractivity contribution in [2.24, 2.45) is 11.8 Å². The number of rotatable bonds is 13. The number of phosphoric ester groups is 1. The van der Waals surface area contributed by atoms with Gasteiger partial charge in [0.05, 0.1) is 29.8 Å². The van der Waals surface area contributed by atoms with Gasteiger partial charge >= 0.3 is 63.9 Å². The first kappa shape index (κ1) is 50.5. The maximum atomic E-state index is 13.6. The van der Waals surface area contributed by atoms with Gasteiger partial charge < -0.3 is 35.0 Å². The second-order valence-electron chi connectivity index (χ2n) is 14.7. The molecule has 3 aromatic rings. The van der Waals surface area contributed by atoms with Crippen molar-refractivity contribution in [1.29, 1.82) is 0 Å². The quantitative estimate of drug-likeness (QED) is 0.0606. The van der Waals surface area contributed by atoms with Gasteiger partial charge in [0.1, 0.15) is 12.2 Å². The Hall–Kier alpha value is -3.12. The van der Waals surface area contributed by atoms with Crippen LogP contribution in [-0.4, -0.2) is 123 Å². The normalized spacial score (nSPS) is 19.7. The van der Waals surface area contributed by atoms with Gasteiger partial charge in [-0.05, 0) is 79.1 Å². The summed E-state index contributed by atoms with van der Waals surface area (Å²) in [7, 11) is -9.26. The number of nitrogen functional groups attached to an aromatic ring is 1. The van der Waals surface area contributed by atoms with Gasteiger partial charge in [-0.25, -0.2) is 22.6 Å². The number of ether oxygens (including phenoxy) is 3. The molecule has 15 nitrogen and oxygen atoms in total. The predicted molar refractivity (Wildman–Crippen MR) is 222 cm³/mol. The van der Waals surface area contributed by atoms with E-state index in [1.807, 2.05) is 13.8 Å². The Kier molecular flexibility index (Phi) is 17.8. The molecule has 22 heteroatoms. The fourth-order valence-electron chi connectivity index (χ4n) is 6.22. The van der Waals surface area contributed by atoms with Gasteiger partial charge in [-0.15, -0.1) is 0 Å². The number of fused-ring (bicyclic) bond motifs is 1. The fraction of sp³-hybridized carbons (Fsp3) is 0.436. The molecule has 2 aliphatic heterocycles. The third-order valence-electron chi connectivity index (χ3n) is 9.23. The molecule has 6 rings (SSSR count). The number of phosphoric acid groups is 1. The van der Waals surface area contributed by atoms with E-state index in [1.54, 1.807) is 30.3 Å². The first-order valence-corrected chi connectivity index (χ1v) is 22.1. The number of alkyl halides is 3. The summed E-state index contributed by atoms with van der Waals surface area (Å²) in [6, 6.07) is 17.3. The van der Waals surface area contributed by atoms with Crippen LogP contribution in [0, 0.1) is 23.7 Å². The van der Waals surface area contributed by atoms with Crippen LogP contribution in [0.5, 0.6) is 0 Å². The fourth-order valence-corrected chi connectivity index (χ4v) is 8.57. The minimum atomic E-state index is -5.12. The Balaban J connectivity index is 0.000000312. The molecule has 3 aliphatic rings. The number of alkyl carbamates (subject to hydrolysis) is 1. The molecule has 0 aromatic heterocycles. The van der Waals surface area contributed by atoms with Crippen molar-refractivity contribution >= 4 is 90.7 Å². The molecule has 1 saturated heterocycles. The van der Waals surface area contributed by atoms with E-state index >= 15 is 0 Å². The van der Waals surface area contributed by atoms with E-state index < -0.39 is 66.6 Å². The van der Waals surface area contributed by atoms with E-state index in [9.17, 15) is 45.5 Å². The molecule has 4 atom stereocenters.